The van der Waals surface area contributed by atoms with Crippen LogP contribution in [-0.4, -0.2) is 6.54 Å². The molecule has 0 aliphatic heterocycles. The summed E-state index contributed by atoms with van der Waals surface area (Å²) in [4.78, 5) is 1.42. The molecule has 0 fully saturated rings. The fourth-order valence-electron chi connectivity index (χ4n) is 1.57. The Morgan fingerprint density at radius 2 is 2.31 bits per heavy atom. The van der Waals surface area contributed by atoms with Crippen molar-refractivity contribution in [3.63, 3.8) is 0 Å². The van der Waals surface area contributed by atoms with Gasteiger partial charge in [0.1, 0.15) is 0 Å². The van der Waals surface area contributed by atoms with E-state index in [4.69, 9.17) is 0 Å². The van der Waals surface area contributed by atoms with E-state index in [1.807, 2.05) is 11.3 Å². The zero-order valence-electron chi connectivity index (χ0n) is 10.1. The Balaban J connectivity index is 2.59. The van der Waals surface area contributed by atoms with Crippen LogP contribution in [0.3, 0.4) is 0 Å². The lowest BCUT2D eigenvalue weighted by Crippen LogP contribution is -2.21. The largest absolute Gasteiger partial charge is 0.309 e. The predicted octanol–water partition coefficient (Wildman–Crippen LogP) is 4.91. The fraction of sp³-hybridized carbons (Fsp3) is 0.538. The molecule has 1 rings (SSSR count). The van der Waals surface area contributed by atoms with Crippen LogP contribution in [0.1, 0.15) is 44.0 Å². The molecule has 0 aliphatic carbocycles. The molecular weight excluding hydrogens is 282 g/mol. The summed E-state index contributed by atoms with van der Waals surface area (Å²) >= 11 is 5.34. The van der Waals surface area contributed by atoms with E-state index in [1.165, 1.54) is 20.7 Å². The molecular formula is C13H20BrNS. The van der Waals surface area contributed by atoms with Crippen molar-refractivity contribution < 1.29 is 0 Å². The Morgan fingerprint density at radius 3 is 2.81 bits per heavy atom. The highest BCUT2D eigenvalue weighted by molar-refractivity contribution is 9.11. The quantitative estimate of drug-likeness (QED) is 0.706. The van der Waals surface area contributed by atoms with Gasteiger partial charge in [0.05, 0.1) is 3.79 Å². The van der Waals surface area contributed by atoms with Crippen molar-refractivity contribution in [3.05, 3.63) is 32.9 Å². The molecule has 0 radical (unpaired) electrons. The monoisotopic (exact) mass is 301 g/mol. The minimum atomic E-state index is 0.480. The molecule has 1 aromatic rings. The van der Waals surface area contributed by atoms with Gasteiger partial charge in [-0.15, -0.1) is 17.9 Å². The summed E-state index contributed by atoms with van der Waals surface area (Å²) in [7, 11) is 0. The van der Waals surface area contributed by atoms with Crippen LogP contribution in [-0.2, 0) is 0 Å². The summed E-state index contributed by atoms with van der Waals surface area (Å²) in [6, 6.07) is 4.81. The van der Waals surface area contributed by atoms with Crippen molar-refractivity contribution >= 4 is 27.3 Å². The Labute approximate surface area is 111 Å². The van der Waals surface area contributed by atoms with Crippen LogP contribution in [0.4, 0.5) is 0 Å². The maximum Gasteiger partial charge on any atom is 0.0701 e. The lowest BCUT2D eigenvalue weighted by Gasteiger charge is -2.17. The van der Waals surface area contributed by atoms with Gasteiger partial charge in [-0.25, -0.2) is 0 Å². The van der Waals surface area contributed by atoms with Gasteiger partial charge in [-0.05, 0) is 60.8 Å². The number of allylic oxidation sites excluding steroid dienone is 1. The predicted molar refractivity (Wildman–Crippen MR) is 77.1 cm³/mol. The molecule has 1 nitrogen and oxygen atoms in total. The third-order valence-electron chi connectivity index (χ3n) is 2.44. The SMILES string of the molecule is C=C(C)CCC(NCCC)c1ccc(Br)s1. The van der Waals surface area contributed by atoms with Gasteiger partial charge in [0.2, 0.25) is 0 Å². The molecule has 90 valence electrons. The second-order valence-corrected chi connectivity index (χ2v) is 6.64. The Kier molecular flexibility index (Phi) is 6.32. The number of rotatable bonds is 7. The zero-order chi connectivity index (χ0) is 12.0. The van der Waals surface area contributed by atoms with Crippen LogP contribution < -0.4 is 5.32 Å². The average molecular weight is 302 g/mol. The third kappa shape index (κ3) is 4.81. The molecule has 0 aliphatic rings. The maximum atomic E-state index is 3.97. The van der Waals surface area contributed by atoms with Gasteiger partial charge >= 0.3 is 0 Å². The van der Waals surface area contributed by atoms with E-state index in [1.54, 1.807) is 0 Å². The second-order valence-electron chi connectivity index (χ2n) is 4.14. The summed E-state index contributed by atoms with van der Waals surface area (Å²) in [5, 5.41) is 3.60. The smallest absolute Gasteiger partial charge is 0.0701 e. The van der Waals surface area contributed by atoms with Gasteiger partial charge in [0, 0.05) is 10.9 Å². The number of thiophene rings is 1. The van der Waals surface area contributed by atoms with Crippen LogP contribution in [0.15, 0.2) is 28.1 Å². The number of nitrogens with one attached hydrogen (secondary N) is 1. The molecule has 1 heterocycles. The molecule has 3 heteroatoms. The summed E-state index contributed by atoms with van der Waals surface area (Å²) in [5.74, 6) is 0. The normalized spacial score (nSPS) is 12.7. The lowest BCUT2D eigenvalue weighted by molar-refractivity contribution is 0.505. The second kappa shape index (κ2) is 7.25. The van der Waals surface area contributed by atoms with Crippen molar-refractivity contribution in [2.24, 2.45) is 0 Å². The zero-order valence-corrected chi connectivity index (χ0v) is 12.5. The molecule has 0 amide bonds. The first-order valence-electron chi connectivity index (χ1n) is 5.76. The van der Waals surface area contributed by atoms with Gasteiger partial charge in [-0.3, -0.25) is 0 Å². The highest BCUT2D eigenvalue weighted by Gasteiger charge is 2.12. The van der Waals surface area contributed by atoms with Crippen LogP contribution in [0.25, 0.3) is 0 Å². The molecule has 0 aromatic carbocycles. The van der Waals surface area contributed by atoms with Crippen molar-refractivity contribution in [2.45, 2.75) is 39.2 Å². The van der Waals surface area contributed by atoms with Crippen LogP contribution >= 0.6 is 27.3 Å². The van der Waals surface area contributed by atoms with E-state index < -0.39 is 0 Å². The molecule has 1 unspecified atom stereocenters. The van der Waals surface area contributed by atoms with Crippen molar-refractivity contribution in [1.82, 2.24) is 5.32 Å². The molecule has 0 bridgehead atoms. The van der Waals surface area contributed by atoms with Gasteiger partial charge in [-0.2, -0.15) is 0 Å². The van der Waals surface area contributed by atoms with E-state index in [0.29, 0.717) is 6.04 Å². The van der Waals surface area contributed by atoms with Gasteiger partial charge < -0.3 is 5.32 Å². The summed E-state index contributed by atoms with van der Waals surface area (Å²) < 4.78 is 1.21. The molecule has 0 saturated carbocycles. The topological polar surface area (TPSA) is 12.0 Å². The van der Waals surface area contributed by atoms with Gasteiger partial charge in [0.15, 0.2) is 0 Å². The van der Waals surface area contributed by atoms with Crippen LogP contribution in [0.5, 0.6) is 0 Å². The Bertz CT molecular complexity index is 332. The van der Waals surface area contributed by atoms with Crippen LogP contribution in [0, 0.1) is 0 Å². The molecule has 0 spiro atoms. The summed E-state index contributed by atoms with van der Waals surface area (Å²) in [6.45, 7) is 9.35. The molecule has 16 heavy (non-hydrogen) atoms. The number of halogens is 1. The average Bonchev–Trinajstić information content (AvgIpc) is 2.64. The minimum Gasteiger partial charge on any atom is -0.309 e. The molecule has 0 saturated heterocycles. The highest BCUT2D eigenvalue weighted by atomic mass is 79.9. The maximum absolute atomic E-state index is 3.97. The summed E-state index contributed by atoms with van der Waals surface area (Å²) in [6.07, 6.45) is 3.41. The van der Waals surface area contributed by atoms with E-state index in [-0.39, 0.29) is 0 Å². The minimum absolute atomic E-state index is 0.480. The first-order valence-corrected chi connectivity index (χ1v) is 7.37. The summed E-state index contributed by atoms with van der Waals surface area (Å²) in [5.41, 5.74) is 1.26. The van der Waals surface area contributed by atoms with Gasteiger partial charge in [0.25, 0.3) is 0 Å². The van der Waals surface area contributed by atoms with E-state index in [9.17, 15) is 0 Å². The van der Waals surface area contributed by atoms with E-state index >= 15 is 0 Å². The molecule has 1 N–H and O–H groups in total. The number of hydrogen-bond donors (Lipinski definition) is 1. The first-order chi connectivity index (χ1) is 7.63. The fourth-order valence-corrected chi connectivity index (χ4v) is 3.10. The Hall–Kier alpha value is -0.120. The van der Waals surface area contributed by atoms with E-state index in [2.05, 4.69) is 53.8 Å². The highest BCUT2D eigenvalue weighted by Crippen LogP contribution is 2.30. The van der Waals surface area contributed by atoms with Crippen molar-refractivity contribution in [3.8, 4) is 0 Å². The van der Waals surface area contributed by atoms with Crippen molar-refractivity contribution in [1.29, 1.82) is 0 Å². The van der Waals surface area contributed by atoms with Crippen LogP contribution in [0.2, 0.25) is 0 Å². The standard InChI is InChI=1S/C13H20BrNS/c1-4-9-15-11(6-5-10(2)3)12-7-8-13(14)16-12/h7-8,11,15H,2,4-6,9H2,1,3H3. The molecule has 1 aromatic heterocycles. The molecule has 1 atom stereocenters. The van der Waals surface area contributed by atoms with Crippen molar-refractivity contribution in [2.75, 3.05) is 6.54 Å². The first kappa shape index (κ1) is 13.9. The Morgan fingerprint density at radius 1 is 1.56 bits per heavy atom. The van der Waals surface area contributed by atoms with E-state index in [0.717, 1.165) is 19.4 Å². The number of hydrogen-bond acceptors (Lipinski definition) is 2. The van der Waals surface area contributed by atoms with Gasteiger partial charge in [-0.1, -0.05) is 12.5 Å². The third-order valence-corrected chi connectivity index (χ3v) is 4.18. The lowest BCUT2D eigenvalue weighted by atomic mass is 10.1.